The van der Waals surface area contributed by atoms with E-state index in [-0.39, 0.29) is 6.42 Å². The third-order valence-electron chi connectivity index (χ3n) is 1.70. The second kappa shape index (κ2) is 7.06. The molecule has 14 heavy (non-hydrogen) atoms. The van der Waals surface area contributed by atoms with Crippen LogP contribution in [0.3, 0.4) is 0 Å². The van der Waals surface area contributed by atoms with Crippen molar-refractivity contribution < 1.29 is 14.7 Å². The second-order valence-electron chi connectivity index (χ2n) is 3.35. The number of carbonyl (C=O) groups is 2. The summed E-state index contributed by atoms with van der Waals surface area (Å²) in [5.74, 6) is -0.893. The SMILES string of the molecule is CC(C)=CCC/C(=C/C=O)CC(=O)O. The summed E-state index contributed by atoms with van der Waals surface area (Å²) >= 11 is 0. The molecule has 0 aromatic heterocycles. The summed E-state index contributed by atoms with van der Waals surface area (Å²) in [5, 5.41) is 8.55. The van der Waals surface area contributed by atoms with Gasteiger partial charge < -0.3 is 5.11 Å². The summed E-state index contributed by atoms with van der Waals surface area (Å²) in [7, 11) is 0. The zero-order chi connectivity index (χ0) is 11.0. The average molecular weight is 196 g/mol. The fraction of sp³-hybridized carbons (Fsp3) is 0.455. The van der Waals surface area contributed by atoms with Crippen molar-refractivity contribution in [2.45, 2.75) is 33.1 Å². The summed E-state index contributed by atoms with van der Waals surface area (Å²) in [4.78, 5) is 20.6. The van der Waals surface area contributed by atoms with E-state index >= 15 is 0 Å². The Labute approximate surface area is 84.1 Å². The summed E-state index contributed by atoms with van der Waals surface area (Å²) in [6.45, 7) is 3.97. The molecule has 0 saturated carbocycles. The largest absolute Gasteiger partial charge is 0.481 e. The molecule has 0 amide bonds. The number of carbonyl (C=O) groups excluding carboxylic acids is 1. The summed E-state index contributed by atoms with van der Waals surface area (Å²) < 4.78 is 0. The van der Waals surface area contributed by atoms with Crippen LogP contribution in [0.4, 0.5) is 0 Å². The van der Waals surface area contributed by atoms with E-state index < -0.39 is 5.97 Å². The number of hydrogen-bond donors (Lipinski definition) is 1. The zero-order valence-corrected chi connectivity index (χ0v) is 8.62. The van der Waals surface area contributed by atoms with Crippen molar-refractivity contribution in [3.63, 3.8) is 0 Å². The van der Waals surface area contributed by atoms with Gasteiger partial charge in [-0.15, -0.1) is 0 Å². The molecule has 0 heterocycles. The van der Waals surface area contributed by atoms with Gasteiger partial charge in [-0.1, -0.05) is 17.2 Å². The molecule has 0 unspecified atom stereocenters. The number of allylic oxidation sites excluding steroid dienone is 3. The molecule has 0 aliphatic carbocycles. The molecule has 0 bridgehead atoms. The number of carboxylic acids is 1. The highest BCUT2D eigenvalue weighted by Crippen LogP contribution is 2.10. The van der Waals surface area contributed by atoms with Crippen LogP contribution in [0.15, 0.2) is 23.3 Å². The lowest BCUT2D eigenvalue weighted by molar-refractivity contribution is -0.136. The zero-order valence-electron chi connectivity index (χ0n) is 8.62. The number of aldehydes is 1. The quantitative estimate of drug-likeness (QED) is 0.403. The van der Waals surface area contributed by atoms with Crippen molar-refractivity contribution in [2.24, 2.45) is 0 Å². The van der Waals surface area contributed by atoms with Crippen LogP contribution in [0, 0.1) is 0 Å². The Kier molecular flexibility index (Phi) is 6.37. The van der Waals surface area contributed by atoms with Crippen molar-refractivity contribution in [1.82, 2.24) is 0 Å². The van der Waals surface area contributed by atoms with Crippen LogP contribution in [-0.4, -0.2) is 17.4 Å². The van der Waals surface area contributed by atoms with E-state index in [9.17, 15) is 9.59 Å². The van der Waals surface area contributed by atoms with E-state index in [0.29, 0.717) is 18.3 Å². The lowest BCUT2D eigenvalue weighted by Gasteiger charge is -2.00. The molecule has 78 valence electrons. The smallest absolute Gasteiger partial charge is 0.307 e. The summed E-state index contributed by atoms with van der Waals surface area (Å²) in [6.07, 6.45) is 5.38. The van der Waals surface area contributed by atoms with Crippen molar-refractivity contribution >= 4 is 12.3 Å². The van der Waals surface area contributed by atoms with E-state index in [1.54, 1.807) is 0 Å². The van der Waals surface area contributed by atoms with Gasteiger partial charge in [0.1, 0.15) is 6.29 Å². The Morgan fingerprint density at radius 3 is 2.43 bits per heavy atom. The van der Waals surface area contributed by atoms with Gasteiger partial charge in [0.15, 0.2) is 0 Å². The van der Waals surface area contributed by atoms with Crippen LogP contribution < -0.4 is 0 Å². The lowest BCUT2D eigenvalue weighted by atomic mass is 10.1. The van der Waals surface area contributed by atoms with Crippen LogP contribution in [-0.2, 0) is 9.59 Å². The number of carboxylic acid groups (broad SMARTS) is 1. The molecule has 3 nitrogen and oxygen atoms in total. The van der Waals surface area contributed by atoms with Gasteiger partial charge in [-0.3, -0.25) is 9.59 Å². The fourth-order valence-electron chi connectivity index (χ4n) is 1.07. The van der Waals surface area contributed by atoms with Crippen molar-refractivity contribution in [3.8, 4) is 0 Å². The number of aliphatic carboxylic acids is 1. The fourth-order valence-corrected chi connectivity index (χ4v) is 1.07. The third-order valence-corrected chi connectivity index (χ3v) is 1.70. The molecule has 0 aromatic rings. The van der Waals surface area contributed by atoms with Gasteiger partial charge in [-0.25, -0.2) is 0 Å². The standard InChI is InChI=1S/C11H16O3/c1-9(2)4-3-5-10(6-7-12)8-11(13)14/h4,6-7H,3,5,8H2,1-2H3,(H,13,14)/b10-6-. The molecule has 0 spiro atoms. The maximum absolute atomic E-state index is 10.4. The van der Waals surface area contributed by atoms with Crippen LogP contribution in [0.2, 0.25) is 0 Å². The Morgan fingerprint density at radius 2 is 2.00 bits per heavy atom. The molecule has 0 atom stereocenters. The normalized spacial score (nSPS) is 10.9. The third kappa shape index (κ3) is 7.28. The Morgan fingerprint density at radius 1 is 1.36 bits per heavy atom. The van der Waals surface area contributed by atoms with E-state index in [0.717, 1.165) is 6.42 Å². The first-order valence-electron chi connectivity index (χ1n) is 4.54. The average Bonchev–Trinajstić information content (AvgIpc) is 2.02. The van der Waals surface area contributed by atoms with Crippen molar-refractivity contribution in [2.75, 3.05) is 0 Å². The molecular formula is C11H16O3. The predicted octanol–water partition coefficient (Wildman–Crippen LogP) is 2.33. The lowest BCUT2D eigenvalue weighted by Crippen LogP contribution is -1.97. The predicted molar refractivity (Wildman–Crippen MR) is 55.1 cm³/mol. The molecule has 0 radical (unpaired) electrons. The van der Waals surface area contributed by atoms with Crippen LogP contribution >= 0.6 is 0 Å². The van der Waals surface area contributed by atoms with E-state index in [1.807, 2.05) is 19.9 Å². The maximum atomic E-state index is 10.4. The van der Waals surface area contributed by atoms with Gasteiger partial charge in [0.25, 0.3) is 0 Å². The van der Waals surface area contributed by atoms with Gasteiger partial charge in [-0.2, -0.15) is 0 Å². The van der Waals surface area contributed by atoms with Crippen LogP contribution in [0.25, 0.3) is 0 Å². The summed E-state index contributed by atoms with van der Waals surface area (Å²) in [6, 6.07) is 0. The minimum absolute atomic E-state index is 0.0463. The van der Waals surface area contributed by atoms with Crippen molar-refractivity contribution in [3.05, 3.63) is 23.3 Å². The molecular weight excluding hydrogens is 180 g/mol. The summed E-state index contributed by atoms with van der Waals surface area (Å²) in [5.41, 5.74) is 1.87. The van der Waals surface area contributed by atoms with Gasteiger partial charge >= 0.3 is 5.97 Å². The molecule has 0 rings (SSSR count). The van der Waals surface area contributed by atoms with Crippen LogP contribution in [0.1, 0.15) is 33.1 Å². The Hall–Kier alpha value is -1.38. The highest BCUT2D eigenvalue weighted by Gasteiger charge is 2.02. The molecule has 3 heteroatoms. The number of hydrogen-bond acceptors (Lipinski definition) is 2. The molecule has 0 saturated heterocycles. The Bertz CT molecular complexity index is 258. The molecule has 0 aliphatic heterocycles. The topological polar surface area (TPSA) is 54.4 Å². The number of rotatable bonds is 6. The van der Waals surface area contributed by atoms with Gasteiger partial charge in [0.2, 0.25) is 0 Å². The second-order valence-corrected chi connectivity index (χ2v) is 3.35. The minimum atomic E-state index is -0.893. The monoisotopic (exact) mass is 196 g/mol. The molecule has 0 aromatic carbocycles. The minimum Gasteiger partial charge on any atom is -0.481 e. The first-order chi connectivity index (χ1) is 6.56. The van der Waals surface area contributed by atoms with Gasteiger partial charge in [0.05, 0.1) is 6.42 Å². The molecule has 1 N–H and O–H groups in total. The first-order valence-corrected chi connectivity index (χ1v) is 4.54. The maximum Gasteiger partial charge on any atom is 0.307 e. The van der Waals surface area contributed by atoms with Gasteiger partial charge in [-0.05, 0) is 32.8 Å². The van der Waals surface area contributed by atoms with Gasteiger partial charge in [0, 0.05) is 0 Å². The Balaban J connectivity index is 4.11. The van der Waals surface area contributed by atoms with E-state index in [1.165, 1.54) is 11.6 Å². The highest BCUT2D eigenvalue weighted by molar-refractivity contribution is 5.73. The van der Waals surface area contributed by atoms with Crippen LogP contribution in [0.5, 0.6) is 0 Å². The first kappa shape index (κ1) is 12.6. The van der Waals surface area contributed by atoms with E-state index in [2.05, 4.69) is 0 Å². The van der Waals surface area contributed by atoms with Crippen molar-refractivity contribution in [1.29, 1.82) is 0 Å². The molecule has 0 fully saturated rings. The molecule has 0 aliphatic rings. The highest BCUT2D eigenvalue weighted by atomic mass is 16.4. The van der Waals surface area contributed by atoms with E-state index in [4.69, 9.17) is 5.11 Å².